The summed E-state index contributed by atoms with van der Waals surface area (Å²) in [6, 6.07) is 26.8. The van der Waals surface area contributed by atoms with Crippen LogP contribution < -0.4 is 16.0 Å². The van der Waals surface area contributed by atoms with E-state index in [4.69, 9.17) is 0 Å². The van der Waals surface area contributed by atoms with Crippen molar-refractivity contribution in [3.05, 3.63) is 141 Å². The molecular formula is C33H24FN5O5S2. The van der Waals surface area contributed by atoms with Gasteiger partial charge >= 0.3 is 0 Å². The lowest BCUT2D eigenvalue weighted by atomic mass is 10.1. The van der Waals surface area contributed by atoms with Crippen molar-refractivity contribution in [3.8, 4) is 11.3 Å². The van der Waals surface area contributed by atoms with Crippen LogP contribution in [-0.2, 0) is 9.59 Å². The molecule has 0 aliphatic rings. The highest BCUT2D eigenvalue weighted by Gasteiger charge is 2.19. The molecule has 3 amide bonds. The molecule has 10 nitrogen and oxygen atoms in total. The number of nitrogens with zero attached hydrogens (tertiary/aromatic N) is 2. The molecular weight excluding hydrogens is 630 g/mol. The smallest absolute Gasteiger partial charge is 0.276 e. The number of hydrogen-bond acceptors (Lipinski definition) is 8. The van der Waals surface area contributed by atoms with E-state index in [0.717, 1.165) is 5.56 Å². The quantitative estimate of drug-likeness (QED) is 0.0603. The molecule has 1 heterocycles. The number of thioether (sulfide) groups is 1. The first-order valence-electron chi connectivity index (χ1n) is 13.6. The maximum atomic E-state index is 13.4. The van der Waals surface area contributed by atoms with Crippen LogP contribution in [0, 0.1) is 15.9 Å². The van der Waals surface area contributed by atoms with Crippen molar-refractivity contribution >= 4 is 63.4 Å². The number of nitro groups is 1. The van der Waals surface area contributed by atoms with Crippen LogP contribution >= 0.6 is 23.1 Å². The second kappa shape index (κ2) is 14.9. The van der Waals surface area contributed by atoms with Gasteiger partial charge in [0.05, 0.1) is 21.9 Å². The average Bonchev–Trinajstić information content (AvgIpc) is 3.52. The third-order valence-corrected chi connectivity index (χ3v) is 8.07. The van der Waals surface area contributed by atoms with E-state index >= 15 is 0 Å². The number of nitro benzene ring substituents is 1. The van der Waals surface area contributed by atoms with Crippen molar-refractivity contribution < 1.29 is 23.7 Å². The number of halogens is 1. The lowest BCUT2D eigenvalue weighted by Gasteiger charge is -2.12. The van der Waals surface area contributed by atoms with Gasteiger partial charge in [0, 0.05) is 33.2 Å². The SMILES string of the molecule is O=C(CSc1cccc(NC(=O)/C(=C\c2ccccc2[N+](=O)[O-])NC(=O)c2ccccc2)c1)Nc1nc(-c2ccc(F)cc2)cs1. The van der Waals surface area contributed by atoms with E-state index in [0.29, 0.717) is 27.0 Å². The van der Waals surface area contributed by atoms with E-state index in [1.54, 1.807) is 78.2 Å². The number of rotatable bonds is 11. The summed E-state index contributed by atoms with van der Waals surface area (Å²) in [6.45, 7) is 0. The average molecular weight is 654 g/mol. The van der Waals surface area contributed by atoms with Crippen molar-refractivity contribution in [2.75, 3.05) is 16.4 Å². The molecule has 3 N–H and O–H groups in total. The number of thiazole rings is 1. The van der Waals surface area contributed by atoms with Crippen LogP contribution in [0.3, 0.4) is 0 Å². The lowest BCUT2D eigenvalue weighted by molar-refractivity contribution is -0.385. The molecule has 46 heavy (non-hydrogen) atoms. The number of aromatic nitrogens is 1. The van der Waals surface area contributed by atoms with Crippen LogP contribution in [0.4, 0.5) is 20.9 Å². The normalized spacial score (nSPS) is 11.0. The zero-order valence-corrected chi connectivity index (χ0v) is 25.4. The monoisotopic (exact) mass is 653 g/mol. The molecule has 0 bridgehead atoms. The number of carbonyl (C=O) groups is 3. The number of carbonyl (C=O) groups excluding carboxylic acids is 3. The summed E-state index contributed by atoms with van der Waals surface area (Å²) in [5.41, 5.74) is 1.71. The Morgan fingerprint density at radius 2 is 1.65 bits per heavy atom. The topological polar surface area (TPSA) is 143 Å². The third kappa shape index (κ3) is 8.49. The van der Waals surface area contributed by atoms with Gasteiger partial charge in [-0.3, -0.25) is 24.5 Å². The summed E-state index contributed by atoms with van der Waals surface area (Å²) in [5.74, 6) is -1.86. The van der Waals surface area contributed by atoms with Gasteiger partial charge in [0.15, 0.2) is 5.13 Å². The van der Waals surface area contributed by atoms with Crippen LogP contribution in [-0.4, -0.2) is 33.4 Å². The second-order valence-electron chi connectivity index (χ2n) is 9.56. The van der Waals surface area contributed by atoms with E-state index in [1.165, 1.54) is 59.5 Å². The van der Waals surface area contributed by atoms with Gasteiger partial charge in [-0.15, -0.1) is 23.1 Å². The van der Waals surface area contributed by atoms with E-state index in [2.05, 4.69) is 20.9 Å². The van der Waals surface area contributed by atoms with Gasteiger partial charge in [-0.25, -0.2) is 9.37 Å². The Hall–Kier alpha value is -5.66. The molecule has 5 rings (SSSR count). The third-order valence-electron chi connectivity index (χ3n) is 6.31. The molecule has 0 radical (unpaired) electrons. The van der Waals surface area contributed by atoms with Crippen molar-refractivity contribution in [2.45, 2.75) is 4.90 Å². The highest BCUT2D eigenvalue weighted by Crippen LogP contribution is 2.27. The standard InChI is InChI=1S/C33H24FN5O5S2/c34-24-15-13-21(14-16-24)28-19-46-33(37-28)38-30(40)20-45-26-11-6-10-25(18-26)35-32(42)27(36-31(41)22-7-2-1-3-8-22)17-23-9-4-5-12-29(23)39(43)44/h1-19H,20H2,(H,35,42)(H,36,41)(H,37,38,40)/b27-17+. The Balaban J connectivity index is 1.26. The molecule has 0 aliphatic heterocycles. The zero-order valence-electron chi connectivity index (χ0n) is 23.8. The fraction of sp³-hybridized carbons (Fsp3) is 0.0303. The number of para-hydroxylation sites is 1. The van der Waals surface area contributed by atoms with Gasteiger partial charge in [-0.2, -0.15) is 0 Å². The van der Waals surface area contributed by atoms with E-state index in [-0.39, 0.29) is 34.4 Å². The molecule has 1 aromatic heterocycles. The van der Waals surface area contributed by atoms with Gasteiger partial charge in [0.25, 0.3) is 17.5 Å². The molecule has 0 aliphatic carbocycles. The van der Waals surface area contributed by atoms with Crippen molar-refractivity contribution in [1.82, 2.24) is 10.3 Å². The van der Waals surface area contributed by atoms with Crippen molar-refractivity contribution in [1.29, 1.82) is 0 Å². The van der Waals surface area contributed by atoms with Gasteiger partial charge < -0.3 is 16.0 Å². The second-order valence-corrected chi connectivity index (χ2v) is 11.5. The summed E-state index contributed by atoms with van der Waals surface area (Å²) in [5, 5.41) is 21.8. The minimum atomic E-state index is -0.706. The van der Waals surface area contributed by atoms with Crippen molar-refractivity contribution in [3.63, 3.8) is 0 Å². The molecule has 0 unspecified atom stereocenters. The van der Waals surface area contributed by atoms with Crippen LogP contribution in [0.2, 0.25) is 0 Å². The highest BCUT2D eigenvalue weighted by atomic mass is 32.2. The maximum Gasteiger partial charge on any atom is 0.276 e. The Morgan fingerprint density at radius 3 is 2.41 bits per heavy atom. The fourth-order valence-corrected chi connectivity index (χ4v) is 5.62. The molecule has 0 fully saturated rings. The summed E-state index contributed by atoms with van der Waals surface area (Å²) in [4.78, 5) is 55.0. The predicted octanol–water partition coefficient (Wildman–Crippen LogP) is 7.00. The first kappa shape index (κ1) is 31.8. The molecule has 0 saturated heterocycles. The first-order valence-corrected chi connectivity index (χ1v) is 15.5. The Bertz CT molecular complexity index is 1930. The van der Waals surface area contributed by atoms with Gasteiger partial charge in [0.2, 0.25) is 5.91 Å². The van der Waals surface area contributed by atoms with Crippen LogP contribution in [0.5, 0.6) is 0 Å². The first-order chi connectivity index (χ1) is 22.2. The molecule has 230 valence electrons. The fourth-order valence-electron chi connectivity index (χ4n) is 4.12. The summed E-state index contributed by atoms with van der Waals surface area (Å²) >= 11 is 2.48. The zero-order chi connectivity index (χ0) is 32.5. The summed E-state index contributed by atoms with van der Waals surface area (Å²) < 4.78 is 13.2. The molecule has 0 atom stereocenters. The van der Waals surface area contributed by atoms with Crippen molar-refractivity contribution in [2.24, 2.45) is 0 Å². The minimum Gasteiger partial charge on any atom is -0.321 e. The highest BCUT2D eigenvalue weighted by molar-refractivity contribution is 8.00. The van der Waals surface area contributed by atoms with E-state index in [9.17, 15) is 28.9 Å². The van der Waals surface area contributed by atoms with Gasteiger partial charge in [-0.05, 0) is 66.7 Å². The number of hydrogen-bond donors (Lipinski definition) is 3. The Labute approximate surface area is 270 Å². The predicted molar refractivity (Wildman–Crippen MR) is 177 cm³/mol. The number of benzene rings is 4. The molecule has 5 aromatic rings. The van der Waals surface area contributed by atoms with Crippen LogP contribution in [0.1, 0.15) is 15.9 Å². The van der Waals surface area contributed by atoms with E-state index < -0.39 is 16.7 Å². The van der Waals surface area contributed by atoms with Gasteiger partial charge in [0.1, 0.15) is 11.5 Å². The Morgan fingerprint density at radius 1 is 0.913 bits per heavy atom. The largest absolute Gasteiger partial charge is 0.321 e. The van der Waals surface area contributed by atoms with Crippen LogP contribution in [0.25, 0.3) is 17.3 Å². The number of nitrogens with one attached hydrogen (secondary N) is 3. The molecule has 0 spiro atoms. The molecule has 13 heteroatoms. The molecule has 4 aromatic carbocycles. The summed E-state index contributed by atoms with van der Waals surface area (Å²) in [6.07, 6.45) is 1.25. The van der Waals surface area contributed by atoms with Crippen LogP contribution in [0.15, 0.2) is 119 Å². The summed E-state index contributed by atoms with van der Waals surface area (Å²) in [7, 11) is 0. The molecule has 0 saturated carbocycles. The minimum absolute atomic E-state index is 0.0544. The van der Waals surface area contributed by atoms with Gasteiger partial charge in [-0.1, -0.05) is 36.4 Å². The lowest BCUT2D eigenvalue weighted by Crippen LogP contribution is -2.30. The maximum absolute atomic E-state index is 13.4. The Kier molecular flexibility index (Phi) is 10.3. The van der Waals surface area contributed by atoms with E-state index in [1.807, 2.05) is 0 Å². The number of amides is 3. The number of anilines is 2.